The minimum atomic E-state index is -3.58. The summed E-state index contributed by atoms with van der Waals surface area (Å²) in [6.45, 7) is 12.5. The number of aromatic nitrogens is 2. The van der Waals surface area contributed by atoms with Crippen LogP contribution in [0.15, 0.2) is 9.42 Å². The van der Waals surface area contributed by atoms with Crippen molar-refractivity contribution in [3.8, 4) is 0 Å². The quantitative estimate of drug-likeness (QED) is 0.818. The van der Waals surface area contributed by atoms with Gasteiger partial charge in [0.25, 0.3) is 0 Å². The fourth-order valence-corrected chi connectivity index (χ4v) is 5.91. The third-order valence-electron chi connectivity index (χ3n) is 5.81. The lowest BCUT2D eigenvalue weighted by molar-refractivity contribution is 0.265. The standard InChI is InChI=1S/C19H27N3O3S/c1-11-12(2)14(4)18(15(5)13(11)3)26(23,24)22-9-7-8-17(10-22)19-20-16(6)21-25-19/h17H,7-10H2,1-6H3. The van der Waals surface area contributed by atoms with Gasteiger partial charge in [-0.2, -0.15) is 9.29 Å². The molecule has 1 atom stereocenters. The van der Waals surface area contributed by atoms with Crippen molar-refractivity contribution in [2.75, 3.05) is 13.1 Å². The van der Waals surface area contributed by atoms with E-state index in [1.54, 1.807) is 11.2 Å². The minimum Gasteiger partial charge on any atom is -0.339 e. The number of hydrogen-bond acceptors (Lipinski definition) is 5. The van der Waals surface area contributed by atoms with E-state index in [0.29, 0.717) is 29.7 Å². The van der Waals surface area contributed by atoms with Gasteiger partial charge in [-0.05, 0) is 82.2 Å². The predicted octanol–water partition coefficient (Wildman–Crippen LogP) is 3.49. The van der Waals surface area contributed by atoms with Gasteiger partial charge in [0.1, 0.15) is 0 Å². The summed E-state index contributed by atoms with van der Waals surface area (Å²) < 4.78 is 33.8. The first-order valence-electron chi connectivity index (χ1n) is 9.02. The van der Waals surface area contributed by atoms with Gasteiger partial charge in [-0.25, -0.2) is 8.42 Å². The molecule has 0 amide bonds. The lowest BCUT2D eigenvalue weighted by Crippen LogP contribution is -2.39. The van der Waals surface area contributed by atoms with Crippen molar-refractivity contribution in [1.82, 2.24) is 14.4 Å². The summed E-state index contributed by atoms with van der Waals surface area (Å²) >= 11 is 0. The van der Waals surface area contributed by atoms with Crippen LogP contribution in [0.25, 0.3) is 0 Å². The van der Waals surface area contributed by atoms with Crippen molar-refractivity contribution in [1.29, 1.82) is 0 Å². The molecule has 1 fully saturated rings. The van der Waals surface area contributed by atoms with Gasteiger partial charge in [-0.3, -0.25) is 0 Å². The van der Waals surface area contributed by atoms with Crippen LogP contribution in [0.2, 0.25) is 0 Å². The fraction of sp³-hybridized carbons (Fsp3) is 0.579. The van der Waals surface area contributed by atoms with Crippen LogP contribution in [-0.4, -0.2) is 36.0 Å². The Labute approximate surface area is 155 Å². The molecule has 1 aliphatic heterocycles. The lowest BCUT2D eigenvalue weighted by Gasteiger charge is -2.32. The molecule has 1 aromatic carbocycles. The maximum absolute atomic E-state index is 13.5. The summed E-state index contributed by atoms with van der Waals surface area (Å²) in [5, 5.41) is 3.84. The Kier molecular flexibility index (Phi) is 4.96. The predicted molar refractivity (Wildman–Crippen MR) is 99.9 cm³/mol. The van der Waals surface area contributed by atoms with Crippen LogP contribution in [0.5, 0.6) is 0 Å². The van der Waals surface area contributed by atoms with Crippen molar-refractivity contribution in [2.24, 2.45) is 0 Å². The highest BCUT2D eigenvalue weighted by molar-refractivity contribution is 7.89. The third-order valence-corrected chi connectivity index (χ3v) is 7.95. The zero-order valence-electron chi connectivity index (χ0n) is 16.4. The molecule has 142 valence electrons. The van der Waals surface area contributed by atoms with Crippen molar-refractivity contribution in [3.63, 3.8) is 0 Å². The summed E-state index contributed by atoms with van der Waals surface area (Å²) in [6.07, 6.45) is 1.64. The monoisotopic (exact) mass is 377 g/mol. The molecule has 2 aromatic rings. The molecular weight excluding hydrogens is 350 g/mol. The first-order valence-corrected chi connectivity index (χ1v) is 10.5. The number of benzene rings is 1. The molecule has 0 radical (unpaired) electrons. The molecule has 7 heteroatoms. The second-order valence-corrected chi connectivity index (χ2v) is 9.21. The van der Waals surface area contributed by atoms with Gasteiger partial charge in [0.05, 0.1) is 10.8 Å². The van der Waals surface area contributed by atoms with E-state index in [4.69, 9.17) is 4.52 Å². The molecule has 0 saturated carbocycles. The van der Waals surface area contributed by atoms with Crippen molar-refractivity contribution < 1.29 is 12.9 Å². The van der Waals surface area contributed by atoms with E-state index >= 15 is 0 Å². The van der Waals surface area contributed by atoms with Crippen LogP contribution in [0, 0.1) is 41.5 Å². The Morgan fingerprint density at radius 1 is 0.962 bits per heavy atom. The number of piperidine rings is 1. The first kappa shape index (κ1) is 19.0. The largest absolute Gasteiger partial charge is 0.339 e. The molecule has 2 heterocycles. The third kappa shape index (κ3) is 3.07. The van der Waals surface area contributed by atoms with E-state index in [1.807, 2.05) is 27.7 Å². The summed E-state index contributed by atoms with van der Waals surface area (Å²) in [5.41, 5.74) is 4.96. The number of nitrogens with zero attached hydrogens (tertiary/aromatic N) is 3. The maximum atomic E-state index is 13.5. The molecular formula is C19H27N3O3S. The molecule has 3 rings (SSSR count). The summed E-state index contributed by atoms with van der Waals surface area (Å²) in [4.78, 5) is 4.76. The molecule has 26 heavy (non-hydrogen) atoms. The van der Waals surface area contributed by atoms with Gasteiger partial charge in [0, 0.05) is 13.1 Å². The Bertz CT molecular complexity index is 918. The van der Waals surface area contributed by atoms with Gasteiger partial charge >= 0.3 is 0 Å². The highest BCUT2D eigenvalue weighted by atomic mass is 32.2. The van der Waals surface area contributed by atoms with Gasteiger partial charge in [0.15, 0.2) is 5.82 Å². The van der Waals surface area contributed by atoms with Gasteiger partial charge < -0.3 is 4.52 Å². The van der Waals surface area contributed by atoms with Crippen LogP contribution in [0.1, 0.15) is 58.3 Å². The molecule has 1 aliphatic rings. The first-order chi connectivity index (χ1) is 12.1. The molecule has 0 spiro atoms. The lowest BCUT2D eigenvalue weighted by atomic mass is 9.95. The smallest absolute Gasteiger partial charge is 0.243 e. The molecule has 0 bridgehead atoms. The van der Waals surface area contributed by atoms with E-state index in [0.717, 1.165) is 40.7 Å². The Morgan fingerprint density at radius 3 is 2.08 bits per heavy atom. The Balaban J connectivity index is 2.01. The Hall–Kier alpha value is -1.73. The normalized spacial score (nSPS) is 19.1. The molecule has 1 saturated heterocycles. The van der Waals surface area contributed by atoms with Crippen LogP contribution >= 0.6 is 0 Å². The van der Waals surface area contributed by atoms with Crippen molar-refractivity contribution >= 4 is 10.0 Å². The van der Waals surface area contributed by atoms with E-state index in [-0.39, 0.29) is 5.92 Å². The van der Waals surface area contributed by atoms with Crippen molar-refractivity contribution in [2.45, 2.75) is 65.2 Å². The average molecular weight is 378 g/mol. The van der Waals surface area contributed by atoms with Crippen molar-refractivity contribution in [3.05, 3.63) is 39.5 Å². The molecule has 1 unspecified atom stereocenters. The topological polar surface area (TPSA) is 76.3 Å². The van der Waals surface area contributed by atoms with Crippen LogP contribution in [0.3, 0.4) is 0 Å². The zero-order valence-corrected chi connectivity index (χ0v) is 17.2. The second-order valence-electron chi connectivity index (χ2n) is 7.34. The van der Waals surface area contributed by atoms with Gasteiger partial charge in [0.2, 0.25) is 15.9 Å². The average Bonchev–Trinajstić information content (AvgIpc) is 3.05. The molecule has 0 aliphatic carbocycles. The Morgan fingerprint density at radius 2 is 1.54 bits per heavy atom. The fourth-order valence-electron chi connectivity index (χ4n) is 3.82. The molecule has 1 aromatic heterocycles. The number of hydrogen-bond donors (Lipinski definition) is 0. The van der Waals surface area contributed by atoms with E-state index in [1.165, 1.54) is 0 Å². The van der Waals surface area contributed by atoms with Crippen LogP contribution in [0.4, 0.5) is 0 Å². The molecule has 0 N–H and O–H groups in total. The summed E-state index contributed by atoms with van der Waals surface area (Å²) in [7, 11) is -3.58. The second kappa shape index (κ2) is 6.78. The van der Waals surface area contributed by atoms with E-state index in [9.17, 15) is 8.42 Å². The van der Waals surface area contributed by atoms with Gasteiger partial charge in [-0.15, -0.1) is 0 Å². The number of aryl methyl sites for hydroxylation is 1. The van der Waals surface area contributed by atoms with Gasteiger partial charge in [-0.1, -0.05) is 5.16 Å². The number of sulfonamides is 1. The van der Waals surface area contributed by atoms with Crippen LogP contribution < -0.4 is 0 Å². The highest BCUT2D eigenvalue weighted by Gasteiger charge is 2.35. The maximum Gasteiger partial charge on any atom is 0.243 e. The summed E-state index contributed by atoms with van der Waals surface area (Å²) in [6, 6.07) is 0. The summed E-state index contributed by atoms with van der Waals surface area (Å²) in [5.74, 6) is 1.07. The zero-order chi connectivity index (χ0) is 19.2. The van der Waals surface area contributed by atoms with Crippen LogP contribution in [-0.2, 0) is 10.0 Å². The molecule has 6 nitrogen and oxygen atoms in total. The highest BCUT2D eigenvalue weighted by Crippen LogP contribution is 2.34. The minimum absolute atomic E-state index is 0.0482. The van der Waals surface area contributed by atoms with E-state index < -0.39 is 10.0 Å². The van der Waals surface area contributed by atoms with E-state index in [2.05, 4.69) is 17.1 Å². The number of rotatable bonds is 3. The SMILES string of the molecule is Cc1noc(C2CCCN(S(=O)(=O)c3c(C)c(C)c(C)c(C)c3C)C2)n1.